The van der Waals surface area contributed by atoms with Gasteiger partial charge in [0.15, 0.2) is 11.5 Å². The Balaban J connectivity index is 1.52. The Hall–Kier alpha value is -2.88. The summed E-state index contributed by atoms with van der Waals surface area (Å²) in [6.07, 6.45) is 0.682. The number of ether oxygens (including phenoxy) is 2. The lowest BCUT2D eigenvalue weighted by atomic mass is 9.98. The molecule has 0 saturated carbocycles. The van der Waals surface area contributed by atoms with Crippen LogP contribution in [0.2, 0.25) is 0 Å². The number of methoxy groups -OCH3 is 2. The van der Waals surface area contributed by atoms with Crippen LogP contribution in [0.5, 0.6) is 11.5 Å². The third kappa shape index (κ3) is 4.64. The van der Waals surface area contributed by atoms with Crippen LogP contribution >= 0.6 is 11.3 Å². The molecule has 0 aliphatic carbocycles. The lowest BCUT2D eigenvalue weighted by Crippen LogP contribution is -2.36. The third-order valence-corrected chi connectivity index (χ3v) is 7.69. The number of carbonyl (C=O) groups is 1. The summed E-state index contributed by atoms with van der Waals surface area (Å²) in [5, 5.41) is 1.89. The van der Waals surface area contributed by atoms with Crippen LogP contribution in [0.15, 0.2) is 58.8 Å². The van der Waals surface area contributed by atoms with E-state index in [2.05, 4.69) is 4.72 Å². The van der Waals surface area contributed by atoms with Crippen molar-refractivity contribution in [2.24, 2.45) is 0 Å². The Kier molecular flexibility index (Phi) is 6.50. The maximum Gasteiger partial charge on any atom is 0.254 e. The van der Waals surface area contributed by atoms with E-state index in [1.165, 1.54) is 23.5 Å². The molecular formula is C23H24N2O5S2. The van der Waals surface area contributed by atoms with Gasteiger partial charge in [-0.05, 0) is 59.3 Å². The average molecular weight is 473 g/mol. The smallest absolute Gasteiger partial charge is 0.254 e. The highest BCUT2D eigenvalue weighted by molar-refractivity contribution is 7.89. The zero-order chi connectivity index (χ0) is 22.7. The fraction of sp³-hybridized carbons (Fsp3) is 0.261. The van der Waals surface area contributed by atoms with Crippen molar-refractivity contribution in [1.82, 2.24) is 9.62 Å². The highest BCUT2D eigenvalue weighted by atomic mass is 32.2. The summed E-state index contributed by atoms with van der Waals surface area (Å²) in [5.74, 6) is 1.07. The third-order valence-electron chi connectivity index (χ3n) is 5.41. The van der Waals surface area contributed by atoms with Crippen molar-refractivity contribution in [1.29, 1.82) is 0 Å². The first kappa shape index (κ1) is 22.3. The summed E-state index contributed by atoms with van der Waals surface area (Å²) in [7, 11) is -0.559. The minimum Gasteiger partial charge on any atom is -0.493 e. The van der Waals surface area contributed by atoms with Gasteiger partial charge < -0.3 is 14.4 Å². The van der Waals surface area contributed by atoms with E-state index in [0.29, 0.717) is 36.6 Å². The fourth-order valence-corrected chi connectivity index (χ4v) is 5.49. The molecule has 32 heavy (non-hydrogen) atoms. The quantitative estimate of drug-likeness (QED) is 0.569. The van der Waals surface area contributed by atoms with E-state index < -0.39 is 10.0 Å². The van der Waals surface area contributed by atoms with Crippen molar-refractivity contribution >= 4 is 27.3 Å². The number of nitrogens with one attached hydrogen (secondary N) is 1. The van der Waals surface area contributed by atoms with Crippen LogP contribution < -0.4 is 14.2 Å². The predicted molar refractivity (Wildman–Crippen MR) is 123 cm³/mol. The van der Waals surface area contributed by atoms with Gasteiger partial charge in [0.05, 0.1) is 19.1 Å². The van der Waals surface area contributed by atoms with Crippen molar-refractivity contribution in [2.45, 2.75) is 24.4 Å². The molecule has 0 atom stereocenters. The summed E-state index contributed by atoms with van der Waals surface area (Å²) >= 11 is 1.48. The number of amides is 1. The standard InChI is InChI=1S/C23H24N2O5S2/c1-29-21-12-16-8-9-25(15-18(16)13-22(21)30-2)23(26)17-5-3-7-20(11-17)32(27,28)24-14-19-6-4-10-31-19/h3-7,10-13,24H,8-9,14-15H2,1-2H3. The molecule has 7 nitrogen and oxygen atoms in total. The first-order valence-electron chi connectivity index (χ1n) is 10.1. The Morgan fingerprint density at radius 3 is 2.50 bits per heavy atom. The average Bonchev–Trinajstić information content (AvgIpc) is 3.35. The van der Waals surface area contributed by atoms with Gasteiger partial charge in [0.25, 0.3) is 5.91 Å². The molecule has 0 unspecified atom stereocenters. The normalized spacial score (nSPS) is 13.5. The van der Waals surface area contributed by atoms with Gasteiger partial charge in [0.2, 0.25) is 10.0 Å². The van der Waals surface area contributed by atoms with E-state index in [4.69, 9.17) is 9.47 Å². The number of nitrogens with zero attached hydrogens (tertiary/aromatic N) is 1. The minimum absolute atomic E-state index is 0.0729. The fourth-order valence-electron chi connectivity index (χ4n) is 3.70. The van der Waals surface area contributed by atoms with Gasteiger partial charge in [-0.3, -0.25) is 4.79 Å². The molecule has 1 aliphatic rings. The van der Waals surface area contributed by atoms with E-state index in [9.17, 15) is 13.2 Å². The molecule has 2 aromatic carbocycles. The van der Waals surface area contributed by atoms with Crippen LogP contribution in [0, 0.1) is 0 Å². The second-order valence-electron chi connectivity index (χ2n) is 7.38. The molecule has 1 aliphatic heterocycles. The molecule has 0 saturated heterocycles. The summed E-state index contributed by atoms with van der Waals surface area (Å²) in [4.78, 5) is 15.9. The van der Waals surface area contributed by atoms with E-state index in [0.717, 1.165) is 16.0 Å². The van der Waals surface area contributed by atoms with Crippen LogP contribution in [-0.4, -0.2) is 40.0 Å². The second kappa shape index (κ2) is 9.32. The highest BCUT2D eigenvalue weighted by Crippen LogP contribution is 2.33. The minimum atomic E-state index is -3.73. The molecule has 2 heterocycles. The van der Waals surface area contributed by atoms with Crippen LogP contribution in [-0.2, 0) is 29.5 Å². The second-order valence-corrected chi connectivity index (χ2v) is 10.2. The van der Waals surface area contributed by atoms with Crippen LogP contribution in [0.4, 0.5) is 0 Å². The molecule has 0 radical (unpaired) electrons. The number of hydrogen-bond donors (Lipinski definition) is 1. The largest absolute Gasteiger partial charge is 0.493 e. The van der Waals surface area contributed by atoms with Crippen molar-refractivity contribution in [2.75, 3.05) is 20.8 Å². The Bertz CT molecular complexity index is 1220. The van der Waals surface area contributed by atoms with Gasteiger partial charge in [-0.15, -0.1) is 11.3 Å². The molecular weight excluding hydrogens is 448 g/mol. The van der Waals surface area contributed by atoms with Gasteiger partial charge in [0.1, 0.15) is 0 Å². The topological polar surface area (TPSA) is 84.9 Å². The van der Waals surface area contributed by atoms with E-state index >= 15 is 0 Å². The maximum absolute atomic E-state index is 13.2. The summed E-state index contributed by atoms with van der Waals surface area (Å²) < 4.78 is 38.8. The Morgan fingerprint density at radius 2 is 1.81 bits per heavy atom. The van der Waals surface area contributed by atoms with Gasteiger partial charge in [-0.2, -0.15) is 0 Å². The van der Waals surface area contributed by atoms with Crippen LogP contribution in [0.1, 0.15) is 26.4 Å². The summed E-state index contributed by atoms with van der Waals surface area (Å²) in [6.45, 7) is 1.17. The molecule has 0 spiro atoms. The number of thiophene rings is 1. The van der Waals surface area contributed by atoms with Crippen molar-refractivity contribution in [3.8, 4) is 11.5 Å². The predicted octanol–water partition coefficient (Wildman–Crippen LogP) is 3.44. The molecule has 0 fully saturated rings. The number of rotatable bonds is 7. The number of carbonyl (C=O) groups excluding carboxylic acids is 1. The lowest BCUT2D eigenvalue weighted by molar-refractivity contribution is 0.0734. The maximum atomic E-state index is 13.2. The number of benzene rings is 2. The SMILES string of the molecule is COc1cc2c(cc1OC)CN(C(=O)c1cccc(S(=O)(=O)NCc3cccs3)c1)CC2. The van der Waals surface area contributed by atoms with Crippen molar-refractivity contribution in [3.05, 3.63) is 75.5 Å². The molecule has 0 bridgehead atoms. The van der Waals surface area contributed by atoms with Crippen molar-refractivity contribution < 1.29 is 22.7 Å². The first-order chi connectivity index (χ1) is 15.4. The van der Waals surface area contributed by atoms with Gasteiger partial charge in [0, 0.05) is 30.1 Å². The molecule has 1 amide bonds. The molecule has 3 aromatic rings. The monoisotopic (exact) mass is 472 g/mol. The molecule has 168 valence electrons. The van der Waals surface area contributed by atoms with E-state index in [-0.39, 0.29) is 17.3 Å². The number of sulfonamides is 1. The van der Waals surface area contributed by atoms with Gasteiger partial charge in [-0.1, -0.05) is 12.1 Å². The van der Waals surface area contributed by atoms with E-state index in [1.807, 2.05) is 29.6 Å². The van der Waals surface area contributed by atoms with Gasteiger partial charge in [-0.25, -0.2) is 13.1 Å². The molecule has 1 N–H and O–H groups in total. The number of hydrogen-bond acceptors (Lipinski definition) is 6. The van der Waals surface area contributed by atoms with Crippen LogP contribution in [0.25, 0.3) is 0 Å². The van der Waals surface area contributed by atoms with Gasteiger partial charge >= 0.3 is 0 Å². The first-order valence-corrected chi connectivity index (χ1v) is 12.4. The lowest BCUT2D eigenvalue weighted by Gasteiger charge is -2.29. The highest BCUT2D eigenvalue weighted by Gasteiger charge is 2.25. The molecule has 4 rings (SSSR count). The Morgan fingerprint density at radius 1 is 1.06 bits per heavy atom. The van der Waals surface area contributed by atoms with Crippen molar-refractivity contribution in [3.63, 3.8) is 0 Å². The number of fused-ring (bicyclic) bond motifs is 1. The van der Waals surface area contributed by atoms with Crippen LogP contribution in [0.3, 0.4) is 0 Å². The molecule has 9 heteroatoms. The summed E-state index contributed by atoms with van der Waals surface area (Å²) in [6, 6.07) is 13.7. The summed E-state index contributed by atoms with van der Waals surface area (Å²) in [5.41, 5.74) is 2.44. The van der Waals surface area contributed by atoms with E-state index in [1.54, 1.807) is 31.3 Å². The molecule has 1 aromatic heterocycles. The Labute approximate surface area is 191 Å². The zero-order valence-electron chi connectivity index (χ0n) is 17.8. The zero-order valence-corrected chi connectivity index (χ0v) is 19.5.